The summed E-state index contributed by atoms with van der Waals surface area (Å²) in [7, 11) is 2.72. The van der Waals surface area contributed by atoms with E-state index in [0.29, 0.717) is 16.8 Å². The number of nitrogens with zero attached hydrogens (tertiary/aromatic N) is 4. The molecule has 0 aliphatic rings. The predicted octanol–water partition coefficient (Wildman–Crippen LogP) is 1.93. The van der Waals surface area contributed by atoms with Crippen LogP contribution in [0.15, 0.2) is 36.8 Å². The second-order valence-electron chi connectivity index (χ2n) is 6.71. The smallest absolute Gasteiger partial charge is 0.382 e. The van der Waals surface area contributed by atoms with Crippen LogP contribution in [0.4, 0.5) is 19.0 Å². The topological polar surface area (TPSA) is 119 Å². The number of carbonyl (C=O) groups excluding carboxylic acids is 1. The molecule has 158 valence electrons. The maximum Gasteiger partial charge on any atom is 0.430 e. The molecule has 30 heavy (non-hydrogen) atoms. The summed E-state index contributed by atoms with van der Waals surface area (Å²) in [6, 6.07) is 3.49. The zero-order valence-corrected chi connectivity index (χ0v) is 16.3. The van der Waals surface area contributed by atoms with Gasteiger partial charge >= 0.3 is 6.18 Å². The highest BCUT2D eigenvalue weighted by atomic mass is 19.4. The number of likely N-dealkylation sites (N-methyl/N-ethyl adjacent to an activating group) is 1. The second kappa shape index (κ2) is 7.41. The van der Waals surface area contributed by atoms with E-state index < -0.39 is 23.2 Å². The number of carbonyl (C=O) groups is 1. The van der Waals surface area contributed by atoms with Gasteiger partial charge in [0.25, 0.3) is 11.5 Å². The van der Waals surface area contributed by atoms with Crippen LogP contribution < -0.4 is 11.1 Å². The van der Waals surface area contributed by atoms with E-state index in [9.17, 15) is 23.1 Å². The molecule has 0 saturated heterocycles. The number of rotatable bonds is 4. The van der Waals surface area contributed by atoms with Crippen molar-refractivity contribution in [3.8, 4) is 22.5 Å². The molecule has 1 amide bonds. The summed E-state index contributed by atoms with van der Waals surface area (Å²) in [4.78, 5) is 20.5. The minimum absolute atomic E-state index is 0.123. The minimum Gasteiger partial charge on any atom is -0.382 e. The Morgan fingerprint density at radius 3 is 2.53 bits per heavy atom. The number of hydrogen-bond donors (Lipinski definition) is 3. The Balaban J connectivity index is 2.18. The first-order valence-corrected chi connectivity index (χ1v) is 8.73. The first-order chi connectivity index (χ1) is 14.0. The number of nitrogens with two attached hydrogens (primary N) is 1. The number of anilines is 1. The van der Waals surface area contributed by atoms with E-state index in [1.807, 2.05) is 5.32 Å². The number of benzene rings is 1. The zero-order chi connectivity index (χ0) is 22.3. The summed E-state index contributed by atoms with van der Waals surface area (Å²) in [6.45, 7) is 1.66. The Morgan fingerprint density at radius 2 is 1.97 bits per heavy atom. The number of nitrogens with one attached hydrogen (secondary N) is 1. The Labute approximate surface area is 169 Å². The summed E-state index contributed by atoms with van der Waals surface area (Å²) in [6.07, 6.45) is -0.732. The molecule has 0 aliphatic carbocycles. The lowest BCUT2D eigenvalue weighted by molar-refractivity contribution is -0.256. The number of aryl methyl sites for hydroxylation is 2. The van der Waals surface area contributed by atoms with Crippen LogP contribution in [0.3, 0.4) is 0 Å². The van der Waals surface area contributed by atoms with Crippen molar-refractivity contribution in [2.45, 2.75) is 18.7 Å². The molecule has 3 aromatic rings. The molecule has 2 aromatic heterocycles. The van der Waals surface area contributed by atoms with Gasteiger partial charge in [-0.05, 0) is 18.6 Å². The Hall–Kier alpha value is -3.47. The fraction of sp³-hybridized carbons (Fsp3) is 0.263. The van der Waals surface area contributed by atoms with Gasteiger partial charge in [-0.25, -0.2) is 9.97 Å². The second-order valence-corrected chi connectivity index (χ2v) is 6.71. The maximum atomic E-state index is 13.6. The monoisotopic (exact) mass is 420 g/mol. The predicted molar refractivity (Wildman–Crippen MR) is 103 cm³/mol. The molecular weight excluding hydrogens is 401 g/mol. The summed E-state index contributed by atoms with van der Waals surface area (Å²) in [5.41, 5.74) is 3.48. The van der Waals surface area contributed by atoms with Crippen LogP contribution >= 0.6 is 0 Å². The Kier molecular flexibility index (Phi) is 5.25. The van der Waals surface area contributed by atoms with Gasteiger partial charge in [-0.15, -0.1) is 0 Å². The van der Waals surface area contributed by atoms with Crippen LogP contribution in [-0.4, -0.2) is 44.0 Å². The van der Waals surface area contributed by atoms with E-state index in [-0.39, 0.29) is 17.1 Å². The molecule has 11 heteroatoms. The maximum absolute atomic E-state index is 13.6. The first kappa shape index (κ1) is 21.2. The third kappa shape index (κ3) is 3.47. The number of hydrogen-bond acceptors (Lipinski definition) is 6. The number of amides is 1. The molecule has 0 saturated carbocycles. The SMILES string of the molecule is CNC(=O)C(O)(c1ccc(C)c(-c2cnc(N)c(-c3cnn(C)c3)n2)c1)C(F)(F)F. The lowest BCUT2D eigenvalue weighted by Crippen LogP contribution is -2.53. The molecule has 0 bridgehead atoms. The van der Waals surface area contributed by atoms with Crippen LogP contribution in [0.2, 0.25) is 0 Å². The summed E-state index contributed by atoms with van der Waals surface area (Å²) in [5.74, 6) is -1.47. The van der Waals surface area contributed by atoms with Crippen LogP contribution in [-0.2, 0) is 17.4 Å². The molecule has 4 N–H and O–H groups in total. The minimum atomic E-state index is -5.24. The summed E-state index contributed by atoms with van der Waals surface area (Å²) < 4.78 is 42.5. The van der Waals surface area contributed by atoms with E-state index in [1.54, 1.807) is 24.9 Å². The highest BCUT2D eigenvalue weighted by Gasteiger charge is 2.60. The first-order valence-electron chi connectivity index (χ1n) is 8.73. The average Bonchev–Trinajstić information content (AvgIpc) is 3.12. The van der Waals surface area contributed by atoms with E-state index in [2.05, 4.69) is 15.1 Å². The van der Waals surface area contributed by atoms with Gasteiger partial charge in [0, 0.05) is 37.0 Å². The van der Waals surface area contributed by atoms with Crippen LogP contribution in [0.5, 0.6) is 0 Å². The van der Waals surface area contributed by atoms with E-state index in [4.69, 9.17) is 5.73 Å². The van der Waals surface area contributed by atoms with Crippen molar-refractivity contribution in [1.82, 2.24) is 25.1 Å². The summed E-state index contributed by atoms with van der Waals surface area (Å²) >= 11 is 0. The molecule has 2 heterocycles. The molecule has 0 radical (unpaired) electrons. The number of aliphatic hydroxyl groups is 1. The summed E-state index contributed by atoms with van der Waals surface area (Å²) in [5, 5.41) is 16.2. The Morgan fingerprint density at radius 1 is 1.27 bits per heavy atom. The van der Waals surface area contributed by atoms with Crippen molar-refractivity contribution in [3.05, 3.63) is 47.9 Å². The molecule has 1 atom stereocenters. The largest absolute Gasteiger partial charge is 0.430 e. The number of aromatic nitrogens is 4. The van der Waals surface area contributed by atoms with Crippen LogP contribution in [0, 0.1) is 6.92 Å². The molecule has 8 nitrogen and oxygen atoms in total. The van der Waals surface area contributed by atoms with E-state index >= 15 is 0 Å². The van der Waals surface area contributed by atoms with Gasteiger partial charge in [0.15, 0.2) is 0 Å². The molecule has 0 aliphatic heterocycles. The van der Waals surface area contributed by atoms with Gasteiger partial charge in [0.1, 0.15) is 11.5 Å². The van der Waals surface area contributed by atoms with Crippen molar-refractivity contribution < 1.29 is 23.1 Å². The lowest BCUT2D eigenvalue weighted by atomic mass is 9.89. The molecule has 3 rings (SSSR count). The fourth-order valence-electron chi connectivity index (χ4n) is 3.01. The number of nitrogen functional groups attached to an aromatic ring is 1. The van der Waals surface area contributed by atoms with Gasteiger partial charge in [-0.2, -0.15) is 18.3 Å². The van der Waals surface area contributed by atoms with Crippen molar-refractivity contribution >= 4 is 11.7 Å². The average molecular weight is 420 g/mol. The van der Waals surface area contributed by atoms with Crippen molar-refractivity contribution in [2.75, 3.05) is 12.8 Å². The van der Waals surface area contributed by atoms with Crippen molar-refractivity contribution in [2.24, 2.45) is 7.05 Å². The van der Waals surface area contributed by atoms with Crippen molar-refractivity contribution in [3.63, 3.8) is 0 Å². The lowest BCUT2D eigenvalue weighted by Gasteiger charge is -2.29. The van der Waals surface area contributed by atoms with Gasteiger partial charge in [0.2, 0.25) is 0 Å². The fourth-order valence-corrected chi connectivity index (χ4v) is 3.01. The third-order valence-electron chi connectivity index (χ3n) is 4.68. The van der Waals surface area contributed by atoms with Gasteiger partial charge in [-0.1, -0.05) is 12.1 Å². The molecule has 1 unspecified atom stereocenters. The van der Waals surface area contributed by atoms with Gasteiger partial charge in [0.05, 0.1) is 18.1 Å². The quantitative estimate of drug-likeness (QED) is 0.594. The van der Waals surface area contributed by atoms with Crippen molar-refractivity contribution in [1.29, 1.82) is 0 Å². The standard InChI is InChI=1S/C19H19F3N6O2/c1-10-4-5-12(18(30,17(29)24-2)19(20,21)22)6-13(10)14-8-25-16(23)15(27-14)11-7-26-28(3)9-11/h4-9,30H,1-3H3,(H2,23,25)(H,24,29). The van der Waals surface area contributed by atoms with Crippen LogP contribution in [0.1, 0.15) is 11.1 Å². The molecular formula is C19H19F3N6O2. The number of alkyl halides is 3. The van der Waals surface area contributed by atoms with Crippen LogP contribution in [0.25, 0.3) is 22.5 Å². The Bertz CT molecular complexity index is 1110. The highest BCUT2D eigenvalue weighted by molar-refractivity contribution is 5.87. The highest BCUT2D eigenvalue weighted by Crippen LogP contribution is 2.41. The van der Waals surface area contributed by atoms with E-state index in [1.165, 1.54) is 18.5 Å². The molecule has 0 spiro atoms. The zero-order valence-electron chi connectivity index (χ0n) is 16.3. The van der Waals surface area contributed by atoms with Gasteiger partial charge in [-0.3, -0.25) is 9.48 Å². The molecule has 0 fully saturated rings. The van der Waals surface area contributed by atoms with Gasteiger partial charge < -0.3 is 16.2 Å². The third-order valence-corrected chi connectivity index (χ3v) is 4.68. The van der Waals surface area contributed by atoms with E-state index in [0.717, 1.165) is 19.2 Å². The molecule has 1 aromatic carbocycles. The normalized spacial score (nSPS) is 13.7. The number of halogens is 3.